The molecule has 0 fully saturated rings. The molecule has 51 heavy (non-hydrogen) atoms. The van der Waals surface area contributed by atoms with Crippen LogP contribution < -0.4 is 26.0 Å². The van der Waals surface area contributed by atoms with Crippen molar-refractivity contribution in [1.29, 1.82) is 0 Å². The third-order valence-corrected chi connectivity index (χ3v) is 7.70. The van der Waals surface area contributed by atoms with Gasteiger partial charge in [0.25, 0.3) is 5.91 Å². The Bertz CT molecular complexity index is 1500. The second kappa shape index (κ2) is 21.7. The van der Waals surface area contributed by atoms with E-state index in [1.165, 1.54) is 16.7 Å². The third-order valence-electron chi connectivity index (χ3n) is 7.70. The number of ketones is 1. The summed E-state index contributed by atoms with van der Waals surface area (Å²) in [6.45, 7) is 4.90. The van der Waals surface area contributed by atoms with E-state index in [2.05, 4.69) is 21.3 Å². The zero-order chi connectivity index (χ0) is 37.9. The molecule has 4 N–H and O–H groups in total. The Morgan fingerprint density at radius 2 is 1.53 bits per heavy atom. The van der Waals surface area contributed by atoms with Crippen LogP contribution in [-0.4, -0.2) is 117 Å². The highest BCUT2D eigenvalue weighted by atomic mass is 16.5. The molecule has 0 aliphatic rings. The van der Waals surface area contributed by atoms with Gasteiger partial charge in [-0.1, -0.05) is 49.4 Å². The van der Waals surface area contributed by atoms with E-state index in [1.54, 1.807) is 89.6 Å². The minimum atomic E-state index is -1.28. The van der Waals surface area contributed by atoms with Gasteiger partial charge < -0.3 is 40.5 Å². The summed E-state index contributed by atoms with van der Waals surface area (Å²) in [4.78, 5) is 92.2. The fourth-order valence-electron chi connectivity index (χ4n) is 5.00. The van der Waals surface area contributed by atoms with E-state index in [1.807, 2.05) is 0 Å². The van der Waals surface area contributed by atoms with E-state index in [0.29, 0.717) is 30.1 Å². The molecule has 2 aromatic carbocycles. The molecule has 15 nitrogen and oxygen atoms in total. The van der Waals surface area contributed by atoms with Crippen LogP contribution in [0.5, 0.6) is 5.75 Å². The maximum Gasteiger partial charge on any atom is 0.290 e. The number of carbonyl (C=O) groups is 7. The summed E-state index contributed by atoms with van der Waals surface area (Å²) < 4.78 is 10.7. The zero-order valence-corrected chi connectivity index (χ0v) is 30.2. The minimum absolute atomic E-state index is 0.0114. The lowest BCUT2D eigenvalue weighted by Gasteiger charge is -2.30. The molecule has 6 amide bonds. The topological polar surface area (TPSA) is 193 Å². The van der Waals surface area contributed by atoms with Crippen molar-refractivity contribution in [2.24, 2.45) is 0 Å². The molecule has 0 spiro atoms. The average Bonchev–Trinajstić information content (AvgIpc) is 3.12. The Kier molecular flexibility index (Phi) is 17.8. The van der Waals surface area contributed by atoms with Crippen LogP contribution in [0.2, 0.25) is 0 Å². The monoisotopic (exact) mass is 710 g/mol. The van der Waals surface area contributed by atoms with E-state index in [9.17, 15) is 33.6 Å². The van der Waals surface area contributed by atoms with Crippen molar-refractivity contribution in [3.8, 4) is 5.75 Å². The molecule has 0 saturated carbocycles. The number of hydrogen-bond acceptors (Lipinski definition) is 9. The summed E-state index contributed by atoms with van der Waals surface area (Å²) in [5.74, 6) is -4.18. The first-order valence-electron chi connectivity index (χ1n) is 16.8. The SMILES string of the molecule is CCC(C(=O)NC(C)C(=O)C(=O)NCC(=O)NC(C(=O)N(C)C)c1ccccc1)N(CC)C(=O)CNC(=O)Cc1cccc(OCCCOC)c1. The predicted octanol–water partition coefficient (Wildman–Crippen LogP) is 0.523. The molecule has 0 aliphatic heterocycles. The highest BCUT2D eigenvalue weighted by Gasteiger charge is 2.31. The Labute approximate surface area is 298 Å². The van der Waals surface area contributed by atoms with Gasteiger partial charge in [-0.25, -0.2) is 0 Å². The van der Waals surface area contributed by atoms with Crippen LogP contribution in [0.4, 0.5) is 0 Å². The van der Waals surface area contributed by atoms with Crippen molar-refractivity contribution in [3.63, 3.8) is 0 Å². The standard InChI is InChI=1S/C36H50N6O9/c1-7-28(42(8-2)31(45)23-37-29(43)21-25-14-12-17-27(20-25)51-19-13-18-50-6)34(47)39-24(3)33(46)35(48)38-22-30(44)40-32(36(49)41(4)5)26-15-10-9-11-16-26/h9-12,14-17,20,24,28,32H,7-8,13,18-19,21-23H2,1-6H3,(H,37,43)(H,38,48)(H,39,47)(H,40,44). The highest BCUT2D eigenvalue weighted by molar-refractivity contribution is 6.38. The Balaban J connectivity index is 1.89. The van der Waals surface area contributed by atoms with E-state index < -0.39 is 60.0 Å². The number of likely N-dealkylation sites (N-methyl/N-ethyl adjacent to an activating group) is 2. The molecular formula is C36H50N6O9. The van der Waals surface area contributed by atoms with Crippen LogP contribution in [-0.2, 0) is 44.7 Å². The van der Waals surface area contributed by atoms with Crippen molar-refractivity contribution >= 4 is 41.2 Å². The maximum atomic E-state index is 13.2. The Hall–Kier alpha value is -5.31. The number of carbonyl (C=O) groups excluding carboxylic acids is 7. The van der Waals surface area contributed by atoms with Crippen molar-refractivity contribution in [2.45, 2.75) is 58.2 Å². The number of benzene rings is 2. The van der Waals surface area contributed by atoms with Gasteiger partial charge in [0.2, 0.25) is 35.3 Å². The van der Waals surface area contributed by atoms with Crippen LogP contribution in [0.3, 0.4) is 0 Å². The quantitative estimate of drug-likeness (QED) is 0.106. The Morgan fingerprint density at radius 3 is 2.16 bits per heavy atom. The number of methoxy groups -OCH3 is 1. The maximum absolute atomic E-state index is 13.2. The van der Waals surface area contributed by atoms with Crippen molar-refractivity contribution in [1.82, 2.24) is 31.1 Å². The van der Waals surface area contributed by atoms with Crippen molar-refractivity contribution in [3.05, 3.63) is 65.7 Å². The number of rotatable bonds is 21. The van der Waals surface area contributed by atoms with Gasteiger partial charge in [0.1, 0.15) is 17.8 Å². The highest BCUT2D eigenvalue weighted by Crippen LogP contribution is 2.15. The van der Waals surface area contributed by atoms with Crippen LogP contribution in [0.25, 0.3) is 0 Å². The molecule has 0 bridgehead atoms. The molecule has 0 aliphatic carbocycles. The summed E-state index contributed by atoms with van der Waals surface area (Å²) in [6, 6.07) is 12.4. The normalized spacial score (nSPS) is 12.4. The van der Waals surface area contributed by atoms with Gasteiger partial charge in [-0.05, 0) is 43.5 Å². The van der Waals surface area contributed by atoms with Gasteiger partial charge in [0, 0.05) is 40.8 Å². The molecular weight excluding hydrogens is 660 g/mol. The lowest BCUT2D eigenvalue weighted by molar-refractivity contribution is -0.143. The van der Waals surface area contributed by atoms with Gasteiger partial charge in [-0.2, -0.15) is 0 Å². The molecule has 0 heterocycles. The fraction of sp³-hybridized carbons (Fsp3) is 0.472. The number of nitrogens with zero attached hydrogens (tertiary/aromatic N) is 2. The third kappa shape index (κ3) is 13.8. The summed E-state index contributed by atoms with van der Waals surface area (Å²) in [5, 5.41) is 9.86. The summed E-state index contributed by atoms with van der Waals surface area (Å²) >= 11 is 0. The van der Waals surface area contributed by atoms with E-state index in [-0.39, 0.29) is 31.8 Å². The van der Waals surface area contributed by atoms with Crippen LogP contribution in [0, 0.1) is 0 Å². The summed E-state index contributed by atoms with van der Waals surface area (Å²) in [6.07, 6.45) is 0.924. The molecule has 0 aromatic heterocycles. The van der Waals surface area contributed by atoms with E-state index in [4.69, 9.17) is 9.47 Å². The molecule has 2 rings (SSSR count). The summed E-state index contributed by atoms with van der Waals surface area (Å²) in [7, 11) is 4.70. The van der Waals surface area contributed by atoms with Crippen LogP contribution in [0.1, 0.15) is 50.8 Å². The number of nitrogens with one attached hydrogen (secondary N) is 4. The van der Waals surface area contributed by atoms with Gasteiger partial charge in [-0.15, -0.1) is 0 Å². The lowest BCUT2D eigenvalue weighted by atomic mass is 10.1. The second-order valence-electron chi connectivity index (χ2n) is 11.8. The number of Topliss-reactive ketones (excluding diaryl/α,β-unsaturated/α-hetero) is 1. The molecule has 0 saturated heterocycles. The zero-order valence-electron chi connectivity index (χ0n) is 30.2. The number of hydrogen-bond donors (Lipinski definition) is 4. The number of ether oxygens (including phenoxy) is 2. The molecule has 3 atom stereocenters. The van der Waals surface area contributed by atoms with Crippen molar-refractivity contribution < 1.29 is 43.0 Å². The first-order chi connectivity index (χ1) is 24.3. The largest absolute Gasteiger partial charge is 0.493 e. The minimum Gasteiger partial charge on any atom is -0.493 e. The van der Waals surface area contributed by atoms with Gasteiger partial charge in [0.15, 0.2) is 0 Å². The first kappa shape index (κ1) is 41.9. The molecule has 3 unspecified atom stereocenters. The van der Waals surface area contributed by atoms with E-state index >= 15 is 0 Å². The van der Waals surface area contributed by atoms with Gasteiger partial charge in [-0.3, -0.25) is 33.6 Å². The second-order valence-corrected chi connectivity index (χ2v) is 11.8. The van der Waals surface area contributed by atoms with Crippen LogP contribution in [0.15, 0.2) is 54.6 Å². The molecule has 0 radical (unpaired) electrons. The number of amides is 6. The average molecular weight is 711 g/mol. The van der Waals surface area contributed by atoms with Crippen molar-refractivity contribution in [2.75, 3.05) is 54.1 Å². The molecule has 2 aromatic rings. The van der Waals surface area contributed by atoms with Gasteiger partial charge >= 0.3 is 0 Å². The van der Waals surface area contributed by atoms with Crippen LogP contribution >= 0.6 is 0 Å². The molecule has 15 heteroatoms. The molecule has 278 valence electrons. The summed E-state index contributed by atoms with van der Waals surface area (Å²) in [5.41, 5.74) is 1.23. The fourth-order valence-corrected chi connectivity index (χ4v) is 5.00. The predicted molar refractivity (Wildman–Crippen MR) is 188 cm³/mol. The van der Waals surface area contributed by atoms with Gasteiger partial charge in [0.05, 0.1) is 32.2 Å². The Morgan fingerprint density at radius 1 is 0.824 bits per heavy atom. The smallest absolute Gasteiger partial charge is 0.290 e. The van der Waals surface area contributed by atoms with E-state index in [0.717, 1.165) is 6.42 Å². The first-order valence-corrected chi connectivity index (χ1v) is 16.8. The lowest BCUT2D eigenvalue weighted by Crippen LogP contribution is -2.55.